The maximum atomic E-state index is 13.6. The first kappa shape index (κ1) is 42.3. The summed E-state index contributed by atoms with van der Waals surface area (Å²) >= 11 is 0. The zero-order valence-corrected chi connectivity index (χ0v) is 35.5. The van der Waals surface area contributed by atoms with Crippen LogP contribution in [0, 0.1) is 17.2 Å². The van der Waals surface area contributed by atoms with Crippen LogP contribution in [0.25, 0.3) is 11.3 Å². The van der Waals surface area contributed by atoms with Crippen LogP contribution in [0.15, 0.2) is 73.2 Å². The molecule has 3 saturated heterocycles. The van der Waals surface area contributed by atoms with Crippen molar-refractivity contribution in [1.29, 1.82) is 0 Å². The molecule has 1 atom stereocenters. The van der Waals surface area contributed by atoms with Crippen LogP contribution in [-0.2, 0) is 14.3 Å². The number of nitrogens with zero attached hydrogens (tertiary/aromatic N) is 7. The summed E-state index contributed by atoms with van der Waals surface area (Å²) in [6, 6.07) is 14.8. The predicted molar refractivity (Wildman–Crippen MR) is 229 cm³/mol. The maximum absolute atomic E-state index is 13.6. The number of likely N-dealkylation sites (tertiary alicyclic amines) is 3. The van der Waals surface area contributed by atoms with Crippen LogP contribution in [0.1, 0.15) is 100 Å². The average molecular weight is 836 g/mol. The Hall–Kier alpha value is -5.41. The van der Waals surface area contributed by atoms with E-state index in [0.29, 0.717) is 39.9 Å². The highest BCUT2D eigenvalue weighted by Crippen LogP contribution is 2.51. The van der Waals surface area contributed by atoms with Gasteiger partial charge in [0.25, 0.3) is 5.91 Å². The molecule has 3 N–H and O–H groups in total. The fraction of sp³-hybridized carbons (Fsp3) is 0.522. The molecule has 8 rings (SSSR count). The molecule has 1 saturated carbocycles. The molecule has 4 aliphatic rings. The van der Waals surface area contributed by atoms with Gasteiger partial charge in [-0.2, -0.15) is 5.10 Å². The van der Waals surface area contributed by atoms with Gasteiger partial charge < -0.3 is 35.2 Å². The lowest BCUT2D eigenvalue weighted by atomic mass is 9.60. The second-order valence-electron chi connectivity index (χ2n) is 18.4. The number of carbonyl (C=O) groups excluding carboxylic acids is 3. The number of piperidine rings is 3. The topological polar surface area (TPSA) is 161 Å². The van der Waals surface area contributed by atoms with Crippen molar-refractivity contribution in [3.05, 3.63) is 90.3 Å². The van der Waals surface area contributed by atoms with E-state index in [4.69, 9.17) is 15.2 Å². The van der Waals surface area contributed by atoms with Gasteiger partial charge in [0.05, 0.1) is 24.1 Å². The second kappa shape index (κ2) is 17.9. The van der Waals surface area contributed by atoms with Crippen LogP contribution in [0.2, 0.25) is 0 Å². The van der Waals surface area contributed by atoms with Crippen LogP contribution >= 0.6 is 0 Å². The second-order valence-corrected chi connectivity index (χ2v) is 18.4. The molecule has 1 spiro atoms. The molecule has 4 fully saturated rings. The smallest absolute Gasteiger partial charge is 0.410 e. The summed E-state index contributed by atoms with van der Waals surface area (Å²) in [4.78, 5) is 55.5. The van der Waals surface area contributed by atoms with E-state index < -0.39 is 29.4 Å². The van der Waals surface area contributed by atoms with Gasteiger partial charge in [0, 0.05) is 61.8 Å². The number of nitrogen functional groups attached to an aromatic ring is 1. The number of nitrogens with one attached hydrogen (secondary N) is 1. The van der Waals surface area contributed by atoms with E-state index in [1.54, 1.807) is 36.5 Å². The first-order valence-corrected chi connectivity index (χ1v) is 21.7. The molecule has 5 heterocycles. The van der Waals surface area contributed by atoms with Crippen molar-refractivity contribution in [2.24, 2.45) is 11.3 Å². The quantitative estimate of drug-likeness (QED) is 0.157. The number of carbonyl (C=O) groups is 3. The summed E-state index contributed by atoms with van der Waals surface area (Å²) in [6.45, 7) is 12.9. The van der Waals surface area contributed by atoms with Gasteiger partial charge in [0.15, 0.2) is 11.5 Å². The Bertz CT molecular complexity index is 2150. The lowest BCUT2D eigenvalue weighted by Crippen LogP contribution is -2.57. The fourth-order valence-electron chi connectivity index (χ4n) is 9.49. The van der Waals surface area contributed by atoms with Gasteiger partial charge in [-0.3, -0.25) is 9.48 Å². The van der Waals surface area contributed by atoms with Crippen LogP contribution in [-0.4, -0.2) is 110 Å². The molecule has 2 aromatic carbocycles. The summed E-state index contributed by atoms with van der Waals surface area (Å²) in [7, 11) is 0. The fourth-order valence-corrected chi connectivity index (χ4v) is 9.49. The van der Waals surface area contributed by atoms with E-state index in [1.165, 1.54) is 69.2 Å². The summed E-state index contributed by atoms with van der Waals surface area (Å²) in [5.41, 5.74) is 7.74. The van der Waals surface area contributed by atoms with Crippen molar-refractivity contribution in [2.45, 2.75) is 95.9 Å². The van der Waals surface area contributed by atoms with Crippen molar-refractivity contribution >= 4 is 29.5 Å². The van der Waals surface area contributed by atoms with Crippen LogP contribution in [0.5, 0.6) is 0 Å². The molecule has 1 aliphatic carbocycles. The molecular weight excluding hydrogens is 778 g/mol. The molecule has 3 aliphatic heterocycles. The first-order chi connectivity index (χ1) is 29.3. The minimum atomic E-state index is -1.34. The third-order valence-corrected chi connectivity index (χ3v) is 13.0. The average Bonchev–Trinajstić information content (AvgIpc) is 3.74. The number of rotatable bonds is 10. The minimum Gasteiger partial charge on any atom is -0.444 e. The zero-order valence-electron chi connectivity index (χ0n) is 35.5. The number of nitrogens with two attached hydrogens (primary N) is 1. The minimum absolute atomic E-state index is 0.129. The van der Waals surface area contributed by atoms with Gasteiger partial charge in [-0.1, -0.05) is 30.3 Å². The zero-order chi connectivity index (χ0) is 42.7. The predicted octanol–water partition coefficient (Wildman–Crippen LogP) is 7.13. The molecule has 2 amide bonds. The molecule has 324 valence electrons. The highest BCUT2D eigenvalue weighted by Gasteiger charge is 2.49. The van der Waals surface area contributed by atoms with Gasteiger partial charge in [-0.05, 0) is 121 Å². The summed E-state index contributed by atoms with van der Waals surface area (Å²) < 4.78 is 26.8. The number of esters is 1. The molecule has 15 heteroatoms. The monoisotopic (exact) mass is 835 g/mol. The highest BCUT2D eigenvalue weighted by molar-refractivity contribution is 5.99. The van der Waals surface area contributed by atoms with Crippen molar-refractivity contribution in [2.75, 3.05) is 56.9 Å². The lowest BCUT2D eigenvalue weighted by Gasteiger charge is -2.56. The molecular formula is C46H58FN9O5. The van der Waals surface area contributed by atoms with Gasteiger partial charge in [0.1, 0.15) is 11.4 Å². The third-order valence-electron chi connectivity index (χ3n) is 13.0. The van der Waals surface area contributed by atoms with Gasteiger partial charge in [-0.15, -0.1) is 0 Å². The van der Waals surface area contributed by atoms with E-state index in [0.717, 1.165) is 58.4 Å². The molecule has 4 aromatic rings. The van der Waals surface area contributed by atoms with Crippen LogP contribution in [0.4, 0.5) is 20.7 Å². The Morgan fingerprint density at radius 2 is 1.59 bits per heavy atom. The molecule has 0 radical (unpaired) electrons. The van der Waals surface area contributed by atoms with Crippen molar-refractivity contribution in [3.8, 4) is 11.3 Å². The summed E-state index contributed by atoms with van der Waals surface area (Å²) in [5, 5.41) is 7.36. The van der Waals surface area contributed by atoms with E-state index in [2.05, 4.69) is 30.2 Å². The number of benzene rings is 2. The first-order valence-electron chi connectivity index (χ1n) is 21.7. The Morgan fingerprint density at radius 3 is 2.26 bits per heavy atom. The van der Waals surface area contributed by atoms with E-state index in [9.17, 15) is 18.8 Å². The molecule has 2 aromatic heterocycles. The van der Waals surface area contributed by atoms with E-state index >= 15 is 0 Å². The summed E-state index contributed by atoms with van der Waals surface area (Å²) in [6.07, 6.45) is 12.8. The normalized spacial score (nSPS) is 19.9. The third kappa shape index (κ3) is 10.2. The Morgan fingerprint density at radius 1 is 0.902 bits per heavy atom. The summed E-state index contributed by atoms with van der Waals surface area (Å²) in [5.74, 6) is -1.39. The van der Waals surface area contributed by atoms with Crippen LogP contribution < -0.4 is 11.1 Å². The Labute approximate surface area is 357 Å². The molecule has 61 heavy (non-hydrogen) atoms. The van der Waals surface area contributed by atoms with Crippen molar-refractivity contribution in [1.82, 2.24) is 34.4 Å². The van der Waals surface area contributed by atoms with Crippen molar-refractivity contribution in [3.63, 3.8) is 0 Å². The van der Waals surface area contributed by atoms with Crippen LogP contribution in [0.3, 0.4) is 0 Å². The lowest BCUT2D eigenvalue weighted by molar-refractivity contribution is -0.125. The maximum Gasteiger partial charge on any atom is 0.410 e. The number of aromatic nitrogens is 4. The van der Waals surface area contributed by atoms with Gasteiger partial charge in [0.2, 0.25) is 6.10 Å². The van der Waals surface area contributed by atoms with Crippen molar-refractivity contribution < 1.29 is 28.2 Å². The molecule has 0 unspecified atom stereocenters. The van der Waals surface area contributed by atoms with E-state index in [1.807, 2.05) is 36.5 Å². The van der Waals surface area contributed by atoms with Gasteiger partial charge in [-0.25, -0.2) is 23.9 Å². The standard InChI is InChI=1S/C46H58FN9O5/c1-45(2,3)61-44(59)55-23-17-46(18-24-55)25-37(26-46)54-21-13-31(14-22-54)29-53-19-15-36(16-20-53)56-30-33(27-50-56)38-28-49-41(48)39(52-38)43(58)60-40(32-7-5-4-6-8-32)42(57)51-35-11-9-34(47)10-12-35/h4-12,27-28,30-31,36-37,40H,13-26,29H2,1-3H3,(H2,48,49)(H,51,57)/t40-/m1/s1. The number of anilines is 2. The number of hydrogen-bond donors (Lipinski definition) is 2. The highest BCUT2D eigenvalue weighted by atomic mass is 19.1. The Kier molecular flexibility index (Phi) is 12.4. The number of ether oxygens (including phenoxy) is 2. The largest absolute Gasteiger partial charge is 0.444 e. The molecule has 14 nitrogen and oxygen atoms in total. The Balaban J connectivity index is 0.795. The number of hydrogen-bond acceptors (Lipinski definition) is 11. The number of halogens is 1. The number of amides is 2. The molecule has 0 bridgehead atoms. The SMILES string of the molecule is CC(C)(C)OC(=O)N1CCC2(CC1)CC(N1CCC(CN3CCC(n4cc(-c5cnc(N)c(C(=O)O[C@@H](C(=O)Nc6ccc(F)cc6)c6ccccc6)n5)cn4)CC3)CC1)C2. The van der Waals surface area contributed by atoms with E-state index in [-0.39, 0.29) is 23.6 Å². The van der Waals surface area contributed by atoms with Gasteiger partial charge >= 0.3 is 12.1 Å².